The fourth-order valence-corrected chi connectivity index (χ4v) is 1.75. The zero-order valence-corrected chi connectivity index (χ0v) is 10.9. The first-order valence-corrected chi connectivity index (χ1v) is 6.02. The minimum atomic E-state index is 0.696. The number of rotatable bonds is 3. The van der Waals surface area contributed by atoms with Crippen molar-refractivity contribution in [3.63, 3.8) is 0 Å². The highest BCUT2D eigenvalue weighted by atomic mass is 79.9. The molecule has 0 N–H and O–H groups in total. The Kier molecular flexibility index (Phi) is 4.26. The molecule has 3 heteroatoms. The van der Waals surface area contributed by atoms with Crippen molar-refractivity contribution in [2.75, 3.05) is 11.9 Å². The van der Waals surface area contributed by atoms with Gasteiger partial charge in [-0.25, -0.2) is 0 Å². The zero-order valence-electron chi connectivity index (χ0n) is 7.73. The first kappa shape index (κ1) is 11.1. The number of benzene rings is 1. The third kappa shape index (κ3) is 2.99. The van der Waals surface area contributed by atoms with Crippen molar-refractivity contribution in [2.24, 2.45) is 0 Å². The Labute approximate surface area is 95.7 Å². The summed E-state index contributed by atoms with van der Waals surface area (Å²) >= 11 is 6.80. The van der Waals surface area contributed by atoms with Crippen molar-refractivity contribution >= 4 is 31.9 Å². The van der Waals surface area contributed by atoms with Crippen LogP contribution in [0, 0.1) is 13.8 Å². The normalized spacial score (nSPS) is 10.2. The van der Waals surface area contributed by atoms with E-state index in [1.54, 1.807) is 0 Å². The summed E-state index contributed by atoms with van der Waals surface area (Å²) in [5, 5.41) is 0.854. The second-order valence-corrected chi connectivity index (χ2v) is 4.55. The Bertz CT molecular complexity index is 297. The van der Waals surface area contributed by atoms with Crippen molar-refractivity contribution in [3.8, 4) is 5.75 Å². The summed E-state index contributed by atoms with van der Waals surface area (Å²) in [6.07, 6.45) is 0. The van der Waals surface area contributed by atoms with E-state index in [9.17, 15) is 0 Å². The van der Waals surface area contributed by atoms with Crippen LogP contribution in [0.4, 0.5) is 0 Å². The Hall–Kier alpha value is -0.0200. The standard InChI is InChI=1S/C10H12Br2O/c1-7-5-9(12)10(6-8(7)2)13-4-3-11/h5-6H,3-4H2,1-2H3. The van der Waals surface area contributed by atoms with Crippen molar-refractivity contribution in [3.05, 3.63) is 27.7 Å². The summed E-state index contributed by atoms with van der Waals surface area (Å²) in [6, 6.07) is 4.14. The molecule has 1 rings (SSSR count). The summed E-state index contributed by atoms with van der Waals surface area (Å²) in [5.74, 6) is 0.919. The van der Waals surface area contributed by atoms with Gasteiger partial charge < -0.3 is 4.74 Å². The molecule has 0 atom stereocenters. The van der Waals surface area contributed by atoms with Gasteiger partial charge in [-0.05, 0) is 53.0 Å². The minimum absolute atomic E-state index is 0.696. The second-order valence-electron chi connectivity index (χ2n) is 2.90. The third-order valence-corrected chi connectivity index (χ3v) is 2.83. The van der Waals surface area contributed by atoms with Gasteiger partial charge in [0.25, 0.3) is 0 Å². The van der Waals surface area contributed by atoms with Crippen molar-refractivity contribution in [1.82, 2.24) is 0 Å². The van der Waals surface area contributed by atoms with Crippen molar-refractivity contribution in [1.29, 1.82) is 0 Å². The third-order valence-electron chi connectivity index (χ3n) is 1.88. The van der Waals surface area contributed by atoms with Crippen LogP contribution in [0.3, 0.4) is 0 Å². The highest BCUT2D eigenvalue weighted by molar-refractivity contribution is 9.10. The Balaban J connectivity index is 2.88. The molecule has 0 aliphatic heterocycles. The molecule has 0 fully saturated rings. The van der Waals surface area contributed by atoms with E-state index >= 15 is 0 Å². The highest BCUT2D eigenvalue weighted by Crippen LogP contribution is 2.28. The molecule has 0 aliphatic rings. The maximum Gasteiger partial charge on any atom is 0.133 e. The van der Waals surface area contributed by atoms with Crippen LogP contribution in [-0.2, 0) is 0 Å². The predicted octanol–water partition coefficient (Wildman–Crippen LogP) is 3.84. The lowest BCUT2D eigenvalue weighted by molar-refractivity contribution is 0.342. The first-order valence-electron chi connectivity index (χ1n) is 4.10. The molecule has 72 valence electrons. The quantitative estimate of drug-likeness (QED) is 0.771. The summed E-state index contributed by atoms with van der Waals surface area (Å²) < 4.78 is 6.55. The number of aryl methyl sites for hydroxylation is 2. The summed E-state index contributed by atoms with van der Waals surface area (Å²) in [7, 11) is 0. The van der Waals surface area contributed by atoms with Gasteiger partial charge in [0.1, 0.15) is 5.75 Å². The lowest BCUT2D eigenvalue weighted by atomic mass is 10.1. The molecule has 1 aromatic carbocycles. The summed E-state index contributed by atoms with van der Waals surface area (Å²) in [4.78, 5) is 0. The lowest BCUT2D eigenvalue weighted by Gasteiger charge is -2.09. The van der Waals surface area contributed by atoms with Crippen molar-refractivity contribution < 1.29 is 4.74 Å². The molecule has 0 bridgehead atoms. The smallest absolute Gasteiger partial charge is 0.133 e. The van der Waals surface area contributed by atoms with Gasteiger partial charge in [0.2, 0.25) is 0 Å². The molecule has 0 unspecified atom stereocenters. The number of alkyl halides is 1. The molecule has 0 aromatic heterocycles. The van der Waals surface area contributed by atoms with Crippen LogP contribution < -0.4 is 4.74 Å². The first-order chi connectivity index (χ1) is 6.15. The molecular formula is C10H12Br2O. The molecule has 13 heavy (non-hydrogen) atoms. The van der Waals surface area contributed by atoms with Crippen LogP contribution in [0.2, 0.25) is 0 Å². The fourth-order valence-electron chi connectivity index (χ4n) is 1.01. The molecule has 0 saturated heterocycles. The molecule has 0 heterocycles. The topological polar surface area (TPSA) is 9.23 Å². The Morgan fingerprint density at radius 1 is 1.23 bits per heavy atom. The average molecular weight is 308 g/mol. The van der Waals surface area contributed by atoms with Crippen LogP contribution in [0.25, 0.3) is 0 Å². The fraction of sp³-hybridized carbons (Fsp3) is 0.400. The average Bonchev–Trinajstić information content (AvgIpc) is 2.09. The van der Waals surface area contributed by atoms with Gasteiger partial charge in [-0.15, -0.1) is 0 Å². The van der Waals surface area contributed by atoms with Gasteiger partial charge in [-0.3, -0.25) is 0 Å². The number of hydrogen-bond donors (Lipinski definition) is 0. The molecule has 0 saturated carbocycles. The maximum absolute atomic E-state index is 5.53. The number of ether oxygens (including phenoxy) is 1. The van der Waals surface area contributed by atoms with E-state index in [2.05, 4.69) is 57.8 Å². The van der Waals surface area contributed by atoms with E-state index in [0.717, 1.165) is 15.6 Å². The van der Waals surface area contributed by atoms with E-state index in [-0.39, 0.29) is 0 Å². The molecule has 1 aromatic rings. The van der Waals surface area contributed by atoms with Gasteiger partial charge in [-0.2, -0.15) is 0 Å². The van der Waals surface area contributed by atoms with Gasteiger partial charge in [0.05, 0.1) is 11.1 Å². The van der Waals surface area contributed by atoms with Gasteiger partial charge in [-0.1, -0.05) is 15.9 Å². The lowest BCUT2D eigenvalue weighted by Crippen LogP contribution is -1.99. The van der Waals surface area contributed by atoms with Crippen LogP contribution in [-0.4, -0.2) is 11.9 Å². The number of hydrogen-bond acceptors (Lipinski definition) is 1. The second kappa shape index (κ2) is 5.01. The van der Waals surface area contributed by atoms with Gasteiger partial charge in [0, 0.05) is 5.33 Å². The van der Waals surface area contributed by atoms with E-state index < -0.39 is 0 Å². The molecule has 0 radical (unpaired) electrons. The van der Waals surface area contributed by atoms with Gasteiger partial charge >= 0.3 is 0 Å². The largest absolute Gasteiger partial charge is 0.492 e. The number of halogens is 2. The molecule has 0 spiro atoms. The minimum Gasteiger partial charge on any atom is -0.492 e. The summed E-state index contributed by atoms with van der Waals surface area (Å²) in [5.41, 5.74) is 2.53. The highest BCUT2D eigenvalue weighted by Gasteiger charge is 2.03. The molecule has 1 nitrogen and oxygen atoms in total. The molecule has 0 aliphatic carbocycles. The SMILES string of the molecule is Cc1cc(Br)c(OCCBr)cc1C. The Morgan fingerprint density at radius 2 is 1.85 bits per heavy atom. The summed E-state index contributed by atoms with van der Waals surface area (Å²) in [6.45, 7) is 4.87. The van der Waals surface area contributed by atoms with E-state index in [0.29, 0.717) is 6.61 Å². The van der Waals surface area contributed by atoms with E-state index in [4.69, 9.17) is 4.74 Å². The van der Waals surface area contributed by atoms with Crippen LogP contribution in [0.15, 0.2) is 16.6 Å². The van der Waals surface area contributed by atoms with Crippen LogP contribution in [0.5, 0.6) is 5.75 Å². The monoisotopic (exact) mass is 306 g/mol. The Morgan fingerprint density at radius 3 is 2.46 bits per heavy atom. The van der Waals surface area contributed by atoms with E-state index in [1.165, 1.54) is 11.1 Å². The maximum atomic E-state index is 5.53. The van der Waals surface area contributed by atoms with Crippen molar-refractivity contribution in [2.45, 2.75) is 13.8 Å². The van der Waals surface area contributed by atoms with Crippen LogP contribution >= 0.6 is 31.9 Å². The molecular weight excluding hydrogens is 296 g/mol. The zero-order chi connectivity index (χ0) is 9.84. The predicted molar refractivity (Wildman–Crippen MR) is 62.9 cm³/mol. The van der Waals surface area contributed by atoms with Gasteiger partial charge in [0.15, 0.2) is 0 Å². The van der Waals surface area contributed by atoms with E-state index in [1.807, 2.05) is 0 Å². The van der Waals surface area contributed by atoms with Crippen LogP contribution in [0.1, 0.15) is 11.1 Å². The molecule has 0 amide bonds.